The number of methoxy groups -OCH3 is 1. The Morgan fingerprint density at radius 1 is 1.00 bits per heavy atom. The van der Waals surface area contributed by atoms with Gasteiger partial charge in [0.2, 0.25) is 0 Å². The molecule has 5 heteroatoms. The first kappa shape index (κ1) is 20.4. The predicted molar refractivity (Wildman–Crippen MR) is 114 cm³/mol. The minimum atomic E-state index is -0.317. The number of nitriles is 1. The summed E-state index contributed by atoms with van der Waals surface area (Å²) in [6.45, 7) is 4.03. The van der Waals surface area contributed by atoms with E-state index < -0.39 is 0 Å². The highest BCUT2D eigenvalue weighted by Gasteiger charge is 2.15. The van der Waals surface area contributed by atoms with Crippen LogP contribution in [0, 0.1) is 24.1 Å². The molecule has 3 aromatic rings. The van der Waals surface area contributed by atoms with E-state index in [1.54, 1.807) is 19.2 Å². The molecule has 0 unspecified atom stereocenters. The van der Waals surface area contributed by atoms with E-state index in [-0.39, 0.29) is 5.82 Å². The van der Waals surface area contributed by atoms with Crippen LogP contribution in [0.25, 0.3) is 11.1 Å². The number of aryl methyl sites for hydroxylation is 1. The Bertz CT molecular complexity index is 1010. The first-order valence-electron chi connectivity index (χ1n) is 9.49. The van der Waals surface area contributed by atoms with Crippen molar-refractivity contribution in [1.29, 1.82) is 5.26 Å². The number of hydrogen-bond donors (Lipinski definition) is 2. The largest absolute Gasteiger partial charge is 0.497 e. The van der Waals surface area contributed by atoms with Gasteiger partial charge in [-0.05, 0) is 41.8 Å². The van der Waals surface area contributed by atoms with Crippen molar-refractivity contribution in [1.82, 2.24) is 5.32 Å². The van der Waals surface area contributed by atoms with Gasteiger partial charge in [-0.15, -0.1) is 0 Å². The predicted octanol–water partition coefficient (Wildman–Crippen LogP) is 4.88. The number of halogens is 1. The molecule has 0 bridgehead atoms. The van der Waals surface area contributed by atoms with Crippen molar-refractivity contribution in [3.63, 3.8) is 0 Å². The zero-order valence-corrected chi connectivity index (χ0v) is 16.6. The topological polar surface area (TPSA) is 57.1 Å². The molecule has 0 amide bonds. The lowest BCUT2D eigenvalue weighted by Gasteiger charge is -2.17. The van der Waals surface area contributed by atoms with Crippen molar-refractivity contribution >= 4 is 5.69 Å². The van der Waals surface area contributed by atoms with E-state index in [9.17, 15) is 9.65 Å². The summed E-state index contributed by atoms with van der Waals surface area (Å²) < 4.78 is 19.3. The molecule has 0 spiro atoms. The number of ether oxygens (including phenoxy) is 1. The standard InChI is InChI=1S/C24H24FN3O/c1-17-8-9-20(25)13-22(17)23-14-21(29-2)12-19(15-26)24(23)28-11-10-27-16-18-6-4-3-5-7-18/h3-9,12-14,27-28H,10-11,16H2,1-2H3. The van der Waals surface area contributed by atoms with E-state index in [0.29, 0.717) is 30.1 Å². The van der Waals surface area contributed by atoms with Gasteiger partial charge in [0, 0.05) is 31.3 Å². The molecule has 2 N–H and O–H groups in total. The van der Waals surface area contributed by atoms with Gasteiger partial charge in [0.15, 0.2) is 0 Å². The summed E-state index contributed by atoms with van der Waals surface area (Å²) in [4.78, 5) is 0. The van der Waals surface area contributed by atoms with E-state index in [4.69, 9.17) is 4.74 Å². The Labute approximate surface area is 171 Å². The zero-order chi connectivity index (χ0) is 20.6. The van der Waals surface area contributed by atoms with Crippen LogP contribution in [0.3, 0.4) is 0 Å². The smallest absolute Gasteiger partial charge is 0.123 e. The third-order valence-electron chi connectivity index (χ3n) is 4.73. The van der Waals surface area contributed by atoms with Crippen LogP contribution in [0.2, 0.25) is 0 Å². The third-order valence-corrected chi connectivity index (χ3v) is 4.73. The SMILES string of the molecule is COc1cc(C#N)c(NCCNCc2ccccc2)c(-c2cc(F)ccc2C)c1. The van der Waals surface area contributed by atoms with Crippen molar-refractivity contribution in [2.75, 3.05) is 25.5 Å². The molecule has 0 atom stereocenters. The fourth-order valence-corrected chi connectivity index (χ4v) is 3.21. The summed E-state index contributed by atoms with van der Waals surface area (Å²) >= 11 is 0. The lowest BCUT2D eigenvalue weighted by molar-refractivity contribution is 0.415. The van der Waals surface area contributed by atoms with Gasteiger partial charge in [-0.2, -0.15) is 5.26 Å². The third kappa shape index (κ3) is 5.13. The zero-order valence-electron chi connectivity index (χ0n) is 16.6. The number of rotatable bonds is 8. The van der Waals surface area contributed by atoms with Gasteiger partial charge in [-0.1, -0.05) is 36.4 Å². The summed E-state index contributed by atoms with van der Waals surface area (Å²) in [7, 11) is 1.55. The molecular weight excluding hydrogens is 365 g/mol. The second-order valence-electron chi connectivity index (χ2n) is 6.76. The first-order chi connectivity index (χ1) is 14.1. The van der Waals surface area contributed by atoms with Crippen molar-refractivity contribution in [2.24, 2.45) is 0 Å². The van der Waals surface area contributed by atoms with Crippen LogP contribution in [-0.4, -0.2) is 20.2 Å². The van der Waals surface area contributed by atoms with Crippen LogP contribution in [0.1, 0.15) is 16.7 Å². The average molecular weight is 389 g/mol. The molecule has 0 aliphatic carbocycles. The van der Waals surface area contributed by atoms with Gasteiger partial charge < -0.3 is 15.4 Å². The van der Waals surface area contributed by atoms with E-state index in [1.807, 2.05) is 31.2 Å². The first-order valence-corrected chi connectivity index (χ1v) is 9.49. The molecule has 29 heavy (non-hydrogen) atoms. The highest BCUT2D eigenvalue weighted by molar-refractivity contribution is 5.85. The van der Waals surface area contributed by atoms with Crippen LogP contribution >= 0.6 is 0 Å². The quantitative estimate of drug-likeness (QED) is 0.539. The molecule has 0 saturated heterocycles. The fourth-order valence-electron chi connectivity index (χ4n) is 3.21. The van der Waals surface area contributed by atoms with Crippen molar-refractivity contribution in [3.05, 3.63) is 83.2 Å². The Morgan fingerprint density at radius 3 is 2.52 bits per heavy atom. The second-order valence-corrected chi connectivity index (χ2v) is 6.76. The fraction of sp³-hybridized carbons (Fsp3) is 0.208. The van der Waals surface area contributed by atoms with Gasteiger partial charge >= 0.3 is 0 Å². The van der Waals surface area contributed by atoms with Gasteiger partial charge in [-0.25, -0.2) is 4.39 Å². The normalized spacial score (nSPS) is 10.4. The molecule has 0 saturated carbocycles. The summed E-state index contributed by atoms with van der Waals surface area (Å²) in [5.41, 5.74) is 4.77. The summed E-state index contributed by atoms with van der Waals surface area (Å²) in [6.07, 6.45) is 0. The molecular formula is C24H24FN3O. The van der Waals surface area contributed by atoms with Crippen molar-refractivity contribution in [2.45, 2.75) is 13.5 Å². The van der Waals surface area contributed by atoms with E-state index in [2.05, 4.69) is 28.8 Å². The second kappa shape index (κ2) is 9.72. The van der Waals surface area contributed by atoms with Crippen LogP contribution in [0.15, 0.2) is 60.7 Å². The summed E-state index contributed by atoms with van der Waals surface area (Å²) in [5.74, 6) is 0.246. The molecule has 3 rings (SSSR count). The van der Waals surface area contributed by atoms with Crippen LogP contribution < -0.4 is 15.4 Å². The molecule has 0 radical (unpaired) electrons. The van der Waals surface area contributed by atoms with Crippen LogP contribution in [0.5, 0.6) is 5.75 Å². The number of nitrogens with one attached hydrogen (secondary N) is 2. The lowest BCUT2D eigenvalue weighted by Crippen LogP contribution is -2.22. The van der Waals surface area contributed by atoms with E-state index >= 15 is 0 Å². The molecule has 0 heterocycles. The maximum absolute atomic E-state index is 13.9. The minimum Gasteiger partial charge on any atom is -0.497 e. The van der Waals surface area contributed by atoms with Gasteiger partial charge in [-0.3, -0.25) is 0 Å². The van der Waals surface area contributed by atoms with Crippen molar-refractivity contribution in [3.8, 4) is 22.9 Å². The molecule has 0 aliphatic rings. The molecule has 0 aliphatic heterocycles. The maximum Gasteiger partial charge on any atom is 0.123 e. The van der Waals surface area contributed by atoms with Gasteiger partial charge in [0.05, 0.1) is 18.4 Å². The number of nitrogens with zero attached hydrogens (tertiary/aromatic N) is 1. The Hall–Kier alpha value is -3.36. The minimum absolute atomic E-state index is 0.317. The van der Waals surface area contributed by atoms with Gasteiger partial charge in [0.1, 0.15) is 17.6 Å². The average Bonchev–Trinajstić information content (AvgIpc) is 2.75. The monoisotopic (exact) mass is 389 g/mol. The highest BCUT2D eigenvalue weighted by atomic mass is 19.1. The van der Waals surface area contributed by atoms with E-state index in [1.165, 1.54) is 17.7 Å². The van der Waals surface area contributed by atoms with Crippen LogP contribution in [0.4, 0.5) is 10.1 Å². The number of benzene rings is 3. The van der Waals surface area contributed by atoms with E-state index in [0.717, 1.165) is 23.2 Å². The lowest BCUT2D eigenvalue weighted by atomic mass is 9.96. The van der Waals surface area contributed by atoms with Crippen molar-refractivity contribution < 1.29 is 9.13 Å². The molecule has 4 nitrogen and oxygen atoms in total. The molecule has 0 aromatic heterocycles. The molecule has 0 fully saturated rings. The summed E-state index contributed by atoms with van der Waals surface area (Å²) in [5, 5.41) is 16.4. The van der Waals surface area contributed by atoms with Crippen LogP contribution in [-0.2, 0) is 6.54 Å². The highest BCUT2D eigenvalue weighted by Crippen LogP contribution is 2.36. The Balaban J connectivity index is 1.81. The maximum atomic E-state index is 13.9. The molecule has 3 aromatic carbocycles. The Morgan fingerprint density at radius 2 is 1.79 bits per heavy atom. The van der Waals surface area contributed by atoms with Gasteiger partial charge in [0.25, 0.3) is 0 Å². The number of anilines is 1. The molecule has 148 valence electrons. The number of hydrogen-bond acceptors (Lipinski definition) is 4. The summed E-state index contributed by atoms with van der Waals surface area (Å²) in [6, 6.07) is 20.6. The Kier molecular flexibility index (Phi) is 6.83.